The molecule has 1 aliphatic carbocycles. The Morgan fingerprint density at radius 3 is 2.46 bits per heavy atom. The molecule has 4 nitrogen and oxygen atoms in total. The average Bonchev–Trinajstić information content (AvgIpc) is 2.24. The van der Waals surface area contributed by atoms with Crippen LogP contribution in [-0.2, 0) is 4.74 Å². The molecule has 2 rings (SSSR count). The number of hydrogen-bond acceptors (Lipinski definition) is 3. The highest BCUT2D eigenvalue weighted by molar-refractivity contribution is 5.71. The number of rotatable bonds is 0. The Morgan fingerprint density at radius 2 is 2.15 bits per heavy atom. The smallest absolute Gasteiger partial charge is 0.410 e. The highest BCUT2D eigenvalue weighted by atomic mass is 16.6. The number of amides is 1. The Bertz CT molecular complexity index is 242. The molecule has 4 heteroatoms. The minimum atomic E-state index is -0.402. The van der Waals surface area contributed by atoms with Crippen molar-refractivity contribution in [2.45, 2.75) is 38.5 Å². The van der Waals surface area contributed by atoms with Gasteiger partial charge in [-0.05, 0) is 20.8 Å². The van der Waals surface area contributed by atoms with E-state index in [1.54, 1.807) is 4.90 Å². The molecule has 74 valence electrons. The number of ether oxygens (including phenoxy) is 1. The fourth-order valence-electron chi connectivity index (χ4n) is 1.78. The molecule has 2 N–H and O–H groups in total. The van der Waals surface area contributed by atoms with E-state index in [-0.39, 0.29) is 18.2 Å². The van der Waals surface area contributed by atoms with Crippen LogP contribution in [0.2, 0.25) is 0 Å². The van der Waals surface area contributed by atoms with Crippen molar-refractivity contribution in [1.29, 1.82) is 0 Å². The van der Waals surface area contributed by atoms with Crippen LogP contribution >= 0.6 is 0 Å². The van der Waals surface area contributed by atoms with Crippen LogP contribution in [0, 0.1) is 5.92 Å². The standard InChI is InChI=1S/C9H16N2O2/c1-9(2,3)13-8(12)11-4-5-6(10)7(5)11/h5-7H,4,10H2,1-3H3. The first-order chi connectivity index (χ1) is 5.90. The van der Waals surface area contributed by atoms with Crippen molar-refractivity contribution in [3.05, 3.63) is 0 Å². The van der Waals surface area contributed by atoms with Crippen molar-refractivity contribution in [1.82, 2.24) is 4.90 Å². The Labute approximate surface area is 78.0 Å². The van der Waals surface area contributed by atoms with E-state index in [1.807, 2.05) is 20.8 Å². The SMILES string of the molecule is CC(C)(C)OC(=O)N1CC2C(N)C21. The zero-order valence-electron chi connectivity index (χ0n) is 8.28. The molecule has 0 aromatic carbocycles. The molecule has 1 aliphatic heterocycles. The first kappa shape index (κ1) is 8.81. The molecule has 3 atom stereocenters. The quantitative estimate of drug-likeness (QED) is 0.598. The van der Waals surface area contributed by atoms with E-state index in [0.717, 1.165) is 6.54 Å². The predicted octanol–water partition coefficient (Wildman–Crippen LogP) is 0.563. The highest BCUT2D eigenvalue weighted by Gasteiger charge is 2.62. The van der Waals surface area contributed by atoms with Gasteiger partial charge in [-0.25, -0.2) is 4.79 Å². The normalized spacial score (nSPS) is 36.3. The fourth-order valence-corrected chi connectivity index (χ4v) is 1.78. The van der Waals surface area contributed by atoms with Gasteiger partial charge in [0.25, 0.3) is 0 Å². The summed E-state index contributed by atoms with van der Waals surface area (Å²) in [5, 5.41) is 0. The molecular formula is C9H16N2O2. The van der Waals surface area contributed by atoms with Gasteiger partial charge in [-0.3, -0.25) is 0 Å². The van der Waals surface area contributed by atoms with Gasteiger partial charge >= 0.3 is 6.09 Å². The van der Waals surface area contributed by atoms with Crippen molar-refractivity contribution in [3.8, 4) is 0 Å². The van der Waals surface area contributed by atoms with Gasteiger partial charge in [-0.1, -0.05) is 0 Å². The second kappa shape index (κ2) is 2.38. The molecule has 13 heavy (non-hydrogen) atoms. The van der Waals surface area contributed by atoms with Gasteiger partial charge in [-0.15, -0.1) is 0 Å². The van der Waals surface area contributed by atoms with Crippen molar-refractivity contribution in [2.24, 2.45) is 11.7 Å². The van der Waals surface area contributed by atoms with Crippen LogP contribution < -0.4 is 5.73 Å². The molecule has 2 fully saturated rings. The van der Waals surface area contributed by atoms with Crippen LogP contribution in [-0.4, -0.2) is 35.2 Å². The van der Waals surface area contributed by atoms with Crippen molar-refractivity contribution in [3.63, 3.8) is 0 Å². The maximum absolute atomic E-state index is 11.5. The third-order valence-corrected chi connectivity index (χ3v) is 2.58. The van der Waals surface area contributed by atoms with Crippen LogP contribution in [0.3, 0.4) is 0 Å². The van der Waals surface area contributed by atoms with Gasteiger partial charge in [0.2, 0.25) is 0 Å². The molecule has 0 aromatic heterocycles. The lowest BCUT2D eigenvalue weighted by atomic mass is 10.2. The van der Waals surface area contributed by atoms with Gasteiger partial charge in [0, 0.05) is 18.5 Å². The zero-order valence-corrected chi connectivity index (χ0v) is 8.28. The first-order valence-electron chi connectivity index (χ1n) is 4.65. The molecule has 0 radical (unpaired) electrons. The van der Waals surface area contributed by atoms with E-state index in [2.05, 4.69) is 0 Å². The van der Waals surface area contributed by atoms with Crippen LogP contribution in [0.25, 0.3) is 0 Å². The van der Waals surface area contributed by atoms with E-state index >= 15 is 0 Å². The third kappa shape index (κ3) is 1.39. The maximum Gasteiger partial charge on any atom is 0.410 e. The van der Waals surface area contributed by atoms with Gasteiger partial charge in [0.1, 0.15) is 5.60 Å². The van der Waals surface area contributed by atoms with E-state index in [4.69, 9.17) is 10.5 Å². The molecule has 1 saturated heterocycles. The second-order valence-electron chi connectivity index (χ2n) is 4.86. The molecule has 1 amide bonds. The monoisotopic (exact) mass is 184 g/mol. The number of fused-ring (bicyclic) bond motifs is 1. The minimum absolute atomic E-state index is 0.201. The summed E-state index contributed by atoms with van der Waals surface area (Å²) in [6, 6.07) is 0.474. The molecule has 1 heterocycles. The molecular weight excluding hydrogens is 168 g/mol. The first-order valence-corrected chi connectivity index (χ1v) is 4.65. The summed E-state index contributed by atoms with van der Waals surface area (Å²) in [5.74, 6) is 0.549. The van der Waals surface area contributed by atoms with Gasteiger partial charge in [-0.2, -0.15) is 0 Å². The summed E-state index contributed by atoms with van der Waals surface area (Å²) in [7, 11) is 0. The summed E-state index contributed by atoms with van der Waals surface area (Å²) in [5.41, 5.74) is 5.31. The third-order valence-electron chi connectivity index (χ3n) is 2.58. The lowest BCUT2D eigenvalue weighted by Gasteiger charge is -2.32. The Balaban J connectivity index is 1.86. The average molecular weight is 184 g/mol. The summed E-state index contributed by atoms with van der Waals surface area (Å²) < 4.78 is 5.22. The number of likely N-dealkylation sites (tertiary alicyclic amines) is 1. The summed E-state index contributed by atoms with van der Waals surface area (Å²) in [6.07, 6.45) is -0.221. The lowest BCUT2D eigenvalue weighted by molar-refractivity contribution is 0.0108. The van der Waals surface area contributed by atoms with Crippen LogP contribution in [0.4, 0.5) is 4.79 Å². The van der Waals surface area contributed by atoms with Crippen LogP contribution in [0.1, 0.15) is 20.8 Å². The van der Waals surface area contributed by atoms with Crippen molar-refractivity contribution < 1.29 is 9.53 Å². The van der Waals surface area contributed by atoms with Crippen molar-refractivity contribution in [2.75, 3.05) is 6.54 Å². The minimum Gasteiger partial charge on any atom is -0.444 e. The highest BCUT2D eigenvalue weighted by Crippen LogP contribution is 2.45. The fraction of sp³-hybridized carbons (Fsp3) is 0.889. The molecule has 2 aliphatic rings. The lowest BCUT2D eigenvalue weighted by Crippen LogP contribution is -2.46. The summed E-state index contributed by atoms with van der Waals surface area (Å²) in [6.45, 7) is 6.39. The van der Waals surface area contributed by atoms with E-state index in [1.165, 1.54) is 0 Å². The Morgan fingerprint density at radius 1 is 1.54 bits per heavy atom. The van der Waals surface area contributed by atoms with E-state index < -0.39 is 5.60 Å². The molecule has 1 saturated carbocycles. The molecule has 0 bridgehead atoms. The number of carbonyl (C=O) groups is 1. The second-order valence-corrected chi connectivity index (χ2v) is 4.86. The molecule has 0 spiro atoms. The maximum atomic E-state index is 11.5. The van der Waals surface area contributed by atoms with E-state index in [9.17, 15) is 4.79 Å². The Kier molecular flexibility index (Phi) is 1.61. The topological polar surface area (TPSA) is 55.6 Å². The number of carbonyl (C=O) groups excluding carboxylic acids is 1. The van der Waals surface area contributed by atoms with Crippen LogP contribution in [0.15, 0.2) is 0 Å². The number of hydrogen-bond donors (Lipinski definition) is 1. The van der Waals surface area contributed by atoms with E-state index in [0.29, 0.717) is 5.92 Å². The van der Waals surface area contributed by atoms with Crippen LogP contribution in [0.5, 0.6) is 0 Å². The Hall–Kier alpha value is -0.770. The number of nitrogens with two attached hydrogens (primary N) is 1. The largest absolute Gasteiger partial charge is 0.444 e. The zero-order chi connectivity index (χ0) is 9.80. The molecule has 3 unspecified atom stereocenters. The molecule has 0 aromatic rings. The van der Waals surface area contributed by atoms with Crippen molar-refractivity contribution >= 4 is 6.09 Å². The predicted molar refractivity (Wildman–Crippen MR) is 48.2 cm³/mol. The van der Waals surface area contributed by atoms with Gasteiger partial charge < -0.3 is 15.4 Å². The summed E-state index contributed by atoms with van der Waals surface area (Å²) >= 11 is 0. The summed E-state index contributed by atoms with van der Waals surface area (Å²) in [4.78, 5) is 13.2. The number of nitrogens with zero attached hydrogens (tertiary/aromatic N) is 1. The van der Waals surface area contributed by atoms with Gasteiger partial charge in [0.15, 0.2) is 0 Å². The van der Waals surface area contributed by atoms with Gasteiger partial charge in [0.05, 0.1) is 6.04 Å².